The number of methoxy groups -OCH3 is 1. The lowest BCUT2D eigenvalue weighted by molar-refractivity contribution is -0.138. The lowest BCUT2D eigenvalue weighted by Crippen LogP contribution is -2.50. The summed E-state index contributed by atoms with van der Waals surface area (Å²) < 4.78 is 19.1. The Kier molecular flexibility index (Phi) is 6.39. The normalized spacial score (nSPS) is 20.9. The molecule has 8 heteroatoms. The second kappa shape index (κ2) is 8.80. The third-order valence-corrected chi connectivity index (χ3v) is 5.38. The van der Waals surface area contributed by atoms with Gasteiger partial charge in [-0.1, -0.05) is 24.3 Å². The Morgan fingerprint density at radius 3 is 2.79 bits per heavy atom. The summed E-state index contributed by atoms with van der Waals surface area (Å²) in [6, 6.07) is 11.6. The zero-order valence-electron chi connectivity index (χ0n) is 16.0. The van der Waals surface area contributed by atoms with Gasteiger partial charge < -0.3 is 20.3 Å². The molecule has 2 aromatic carbocycles. The highest BCUT2D eigenvalue weighted by molar-refractivity contribution is 6.01. The van der Waals surface area contributed by atoms with Crippen molar-refractivity contribution in [1.29, 1.82) is 0 Å². The van der Waals surface area contributed by atoms with Gasteiger partial charge in [0, 0.05) is 37.3 Å². The first-order valence-electron chi connectivity index (χ1n) is 9.32. The van der Waals surface area contributed by atoms with Crippen molar-refractivity contribution in [2.45, 2.75) is 18.4 Å². The van der Waals surface area contributed by atoms with E-state index in [-0.39, 0.29) is 36.7 Å². The van der Waals surface area contributed by atoms with Crippen molar-refractivity contribution in [2.75, 3.05) is 32.1 Å². The van der Waals surface area contributed by atoms with Gasteiger partial charge in [0.1, 0.15) is 11.6 Å². The SMILES string of the molecule is COc1ccccc1C1CNCCN1C(=O)C1CC(=O)Nc2cc(F)ccc21.Cl. The van der Waals surface area contributed by atoms with E-state index < -0.39 is 11.7 Å². The molecule has 6 nitrogen and oxygen atoms in total. The highest BCUT2D eigenvalue weighted by Crippen LogP contribution is 2.37. The standard InChI is InChI=1S/C21H22FN3O3.ClH/c1-28-19-5-3-2-4-15(19)18-12-23-8-9-25(18)21(27)16-11-20(26)24-17-10-13(22)6-7-14(16)17;/h2-7,10,16,18,23H,8-9,11-12H2,1H3,(H,24,26);1H. The van der Waals surface area contributed by atoms with Crippen molar-refractivity contribution in [2.24, 2.45) is 0 Å². The van der Waals surface area contributed by atoms with Gasteiger partial charge in [0.15, 0.2) is 0 Å². The van der Waals surface area contributed by atoms with Crippen LogP contribution in [0.5, 0.6) is 5.75 Å². The first-order chi connectivity index (χ1) is 13.6. The Bertz CT molecular complexity index is 924. The molecule has 4 rings (SSSR count). The molecule has 2 N–H and O–H groups in total. The van der Waals surface area contributed by atoms with Crippen LogP contribution in [0.1, 0.15) is 29.5 Å². The number of ether oxygens (including phenoxy) is 1. The van der Waals surface area contributed by atoms with Crippen molar-refractivity contribution in [3.8, 4) is 5.75 Å². The van der Waals surface area contributed by atoms with Crippen LogP contribution in [-0.2, 0) is 9.59 Å². The average Bonchev–Trinajstić information content (AvgIpc) is 2.72. The fourth-order valence-corrected chi connectivity index (χ4v) is 4.05. The minimum absolute atomic E-state index is 0. The van der Waals surface area contributed by atoms with Gasteiger partial charge in [-0.25, -0.2) is 4.39 Å². The van der Waals surface area contributed by atoms with Gasteiger partial charge in [0.25, 0.3) is 0 Å². The molecule has 2 atom stereocenters. The summed E-state index contributed by atoms with van der Waals surface area (Å²) in [6.45, 7) is 1.80. The number of hydrogen-bond donors (Lipinski definition) is 2. The molecular formula is C21H23ClFN3O3. The quantitative estimate of drug-likeness (QED) is 0.802. The van der Waals surface area contributed by atoms with Crippen molar-refractivity contribution < 1.29 is 18.7 Å². The van der Waals surface area contributed by atoms with Crippen LogP contribution in [0.15, 0.2) is 42.5 Å². The molecule has 2 unspecified atom stereocenters. The number of halogens is 2. The van der Waals surface area contributed by atoms with E-state index in [9.17, 15) is 14.0 Å². The second-order valence-corrected chi connectivity index (χ2v) is 7.03. The summed E-state index contributed by atoms with van der Waals surface area (Å²) in [5.74, 6) is -0.751. The molecule has 0 bridgehead atoms. The van der Waals surface area contributed by atoms with Crippen LogP contribution < -0.4 is 15.4 Å². The topological polar surface area (TPSA) is 70.7 Å². The van der Waals surface area contributed by atoms with E-state index in [0.29, 0.717) is 30.9 Å². The molecule has 1 fully saturated rings. The van der Waals surface area contributed by atoms with Crippen molar-refractivity contribution in [3.63, 3.8) is 0 Å². The number of para-hydroxylation sites is 1. The van der Waals surface area contributed by atoms with E-state index in [1.54, 1.807) is 13.2 Å². The summed E-state index contributed by atoms with van der Waals surface area (Å²) in [6.07, 6.45) is 0.0556. The van der Waals surface area contributed by atoms with Gasteiger partial charge in [-0.05, 0) is 23.8 Å². The molecule has 29 heavy (non-hydrogen) atoms. The zero-order valence-corrected chi connectivity index (χ0v) is 16.8. The Balaban J connectivity index is 0.00000240. The zero-order chi connectivity index (χ0) is 19.7. The van der Waals surface area contributed by atoms with Gasteiger partial charge in [-0.15, -0.1) is 12.4 Å². The maximum Gasteiger partial charge on any atom is 0.231 e. The Morgan fingerprint density at radius 2 is 2.00 bits per heavy atom. The van der Waals surface area contributed by atoms with Crippen LogP contribution in [-0.4, -0.2) is 43.5 Å². The largest absolute Gasteiger partial charge is 0.496 e. The fraction of sp³-hybridized carbons (Fsp3) is 0.333. The number of amides is 2. The summed E-state index contributed by atoms with van der Waals surface area (Å²) >= 11 is 0. The maximum absolute atomic E-state index is 13.6. The summed E-state index contributed by atoms with van der Waals surface area (Å²) in [5, 5.41) is 6.00. The van der Waals surface area contributed by atoms with E-state index >= 15 is 0 Å². The number of carbonyl (C=O) groups excluding carboxylic acids is 2. The van der Waals surface area contributed by atoms with Gasteiger partial charge in [-0.3, -0.25) is 9.59 Å². The van der Waals surface area contributed by atoms with E-state index in [1.807, 2.05) is 29.2 Å². The van der Waals surface area contributed by atoms with Gasteiger partial charge >= 0.3 is 0 Å². The molecule has 2 amide bonds. The van der Waals surface area contributed by atoms with Crippen LogP contribution in [0.3, 0.4) is 0 Å². The molecule has 0 radical (unpaired) electrons. The highest BCUT2D eigenvalue weighted by Gasteiger charge is 2.38. The van der Waals surface area contributed by atoms with Crippen LogP contribution >= 0.6 is 12.4 Å². The number of nitrogens with zero attached hydrogens (tertiary/aromatic N) is 1. The summed E-state index contributed by atoms with van der Waals surface area (Å²) in [7, 11) is 1.61. The third-order valence-electron chi connectivity index (χ3n) is 5.38. The first-order valence-corrected chi connectivity index (χ1v) is 9.32. The third kappa shape index (κ3) is 4.06. The Labute approximate surface area is 174 Å². The number of fused-ring (bicyclic) bond motifs is 1. The number of nitrogens with one attached hydrogen (secondary N) is 2. The van der Waals surface area contributed by atoms with Crippen LogP contribution in [0.2, 0.25) is 0 Å². The smallest absolute Gasteiger partial charge is 0.231 e. The predicted molar refractivity (Wildman–Crippen MR) is 110 cm³/mol. The second-order valence-electron chi connectivity index (χ2n) is 7.03. The van der Waals surface area contributed by atoms with Gasteiger partial charge in [0.2, 0.25) is 11.8 Å². The molecule has 154 valence electrons. The molecule has 0 saturated carbocycles. The summed E-state index contributed by atoms with van der Waals surface area (Å²) in [5.41, 5.74) is 1.95. The molecular weight excluding hydrogens is 397 g/mol. The average molecular weight is 420 g/mol. The van der Waals surface area contributed by atoms with Crippen molar-refractivity contribution >= 4 is 29.9 Å². The molecule has 0 aromatic heterocycles. The minimum atomic E-state index is -0.625. The number of rotatable bonds is 3. The Morgan fingerprint density at radius 1 is 1.21 bits per heavy atom. The van der Waals surface area contributed by atoms with E-state index in [1.165, 1.54) is 12.1 Å². The van der Waals surface area contributed by atoms with E-state index in [2.05, 4.69) is 10.6 Å². The monoisotopic (exact) mass is 419 g/mol. The predicted octanol–water partition coefficient (Wildman–Crippen LogP) is 2.86. The number of carbonyl (C=O) groups is 2. The van der Waals surface area contributed by atoms with E-state index in [0.717, 1.165) is 11.3 Å². The molecule has 2 aromatic rings. The Hall–Kier alpha value is -2.64. The molecule has 2 aliphatic heterocycles. The van der Waals surface area contributed by atoms with Crippen LogP contribution in [0.4, 0.5) is 10.1 Å². The lowest BCUT2D eigenvalue weighted by Gasteiger charge is -2.39. The van der Waals surface area contributed by atoms with E-state index in [4.69, 9.17) is 4.74 Å². The molecule has 2 aliphatic rings. The number of piperazine rings is 1. The van der Waals surface area contributed by atoms with Gasteiger partial charge in [-0.2, -0.15) is 0 Å². The van der Waals surface area contributed by atoms with Crippen LogP contribution in [0, 0.1) is 5.82 Å². The number of hydrogen-bond acceptors (Lipinski definition) is 4. The van der Waals surface area contributed by atoms with Gasteiger partial charge in [0.05, 0.1) is 19.1 Å². The molecule has 1 saturated heterocycles. The van der Waals surface area contributed by atoms with Crippen molar-refractivity contribution in [1.82, 2.24) is 10.2 Å². The number of benzene rings is 2. The molecule has 0 spiro atoms. The molecule has 2 heterocycles. The maximum atomic E-state index is 13.6. The molecule has 0 aliphatic carbocycles. The highest BCUT2D eigenvalue weighted by atomic mass is 35.5. The fourth-order valence-electron chi connectivity index (χ4n) is 4.05. The first kappa shape index (κ1) is 21.1. The minimum Gasteiger partial charge on any atom is -0.496 e. The van der Waals surface area contributed by atoms with Crippen LogP contribution in [0.25, 0.3) is 0 Å². The lowest BCUT2D eigenvalue weighted by atomic mass is 9.88. The van der Waals surface area contributed by atoms with Crippen molar-refractivity contribution in [3.05, 3.63) is 59.4 Å². The summed E-state index contributed by atoms with van der Waals surface area (Å²) in [4.78, 5) is 27.5. The number of anilines is 1.